The summed E-state index contributed by atoms with van der Waals surface area (Å²) in [5.41, 5.74) is 9.37. The zero-order valence-corrected chi connectivity index (χ0v) is 20.9. The van der Waals surface area contributed by atoms with Crippen LogP contribution in [0.15, 0.2) is 158 Å². The summed E-state index contributed by atoms with van der Waals surface area (Å²) in [5, 5.41) is 2.55. The lowest BCUT2D eigenvalue weighted by Gasteiger charge is -2.26. The first-order chi connectivity index (χ1) is 18.9. The molecule has 38 heavy (non-hydrogen) atoms. The summed E-state index contributed by atoms with van der Waals surface area (Å²) in [4.78, 5) is 2.32. The van der Waals surface area contributed by atoms with Crippen LogP contribution in [-0.4, -0.2) is 4.57 Å². The van der Waals surface area contributed by atoms with Gasteiger partial charge < -0.3 is 9.47 Å². The molecule has 0 saturated carbocycles. The van der Waals surface area contributed by atoms with Gasteiger partial charge in [0.2, 0.25) is 0 Å². The van der Waals surface area contributed by atoms with E-state index in [4.69, 9.17) is 0 Å². The molecule has 0 spiro atoms. The SMILES string of the molecule is c1ccc(-c2cccc(N(c3ccccc3)c3ccc(-n4c5ccccc5c5ccccc54)cc3)c2)cc1. The van der Waals surface area contributed by atoms with Crippen LogP contribution < -0.4 is 4.90 Å². The molecule has 1 heterocycles. The van der Waals surface area contributed by atoms with Crippen LogP contribution in [0, 0.1) is 0 Å². The van der Waals surface area contributed by atoms with Crippen LogP contribution in [0.2, 0.25) is 0 Å². The van der Waals surface area contributed by atoms with Gasteiger partial charge in [-0.2, -0.15) is 0 Å². The van der Waals surface area contributed by atoms with E-state index in [0.29, 0.717) is 0 Å². The number of nitrogens with zero attached hydrogens (tertiary/aromatic N) is 2. The predicted octanol–water partition coefficient (Wildman–Crippen LogP) is 9.92. The van der Waals surface area contributed by atoms with Gasteiger partial charge in [-0.1, -0.05) is 97.1 Å². The Balaban J connectivity index is 1.35. The largest absolute Gasteiger partial charge is 0.310 e. The lowest BCUT2D eigenvalue weighted by molar-refractivity contribution is 1.17. The summed E-state index contributed by atoms with van der Waals surface area (Å²) in [5.74, 6) is 0. The number of para-hydroxylation sites is 3. The highest BCUT2D eigenvalue weighted by Crippen LogP contribution is 2.38. The van der Waals surface area contributed by atoms with Crippen LogP contribution in [0.5, 0.6) is 0 Å². The van der Waals surface area contributed by atoms with Crippen LogP contribution in [0.4, 0.5) is 17.1 Å². The highest BCUT2D eigenvalue weighted by atomic mass is 15.1. The van der Waals surface area contributed by atoms with E-state index in [-0.39, 0.29) is 0 Å². The van der Waals surface area contributed by atoms with E-state index in [1.807, 2.05) is 0 Å². The molecule has 7 aromatic rings. The van der Waals surface area contributed by atoms with Crippen molar-refractivity contribution in [3.05, 3.63) is 158 Å². The molecule has 0 atom stereocenters. The second-order valence-electron chi connectivity index (χ2n) is 9.47. The minimum atomic E-state index is 1.12. The molecular weight excluding hydrogens is 460 g/mol. The molecule has 0 unspecified atom stereocenters. The van der Waals surface area contributed by atoms with Crippen molar-refractivity contribution in [2.75, 3.05) is 4.90 Å². The smallest absolute Gasteiger partial charge is 0.0541 e. The minimum Gasteiger partial charge on any atom is -0.310 e. The van der Waals surface area contributed by atoms with E-state index in [9.17, 15) is 0 Å². The minimum absolute atomic E-state index is 1.12. The average Bonchev–Trinajstić information content (AvgIpc) is 3.33. The Kier molecular flexibility index (Phi) is 5.49. The maximum atomic E-state index is 2.36. The number of hydrogen-bond donors (Lipinski definition) is 0. The number of hydrogen-bond acceptors (Lipinski definition) is 1. The summed E-state index contributed by atoms with van der Waals surface area (Å²) in [6.07, 6.45) is 0. The van der Waals surface area contributed by atoms with E-state index in [2.05, 4.69) is 167 Å². The van der Waals surface area contributed by atoms with Gasteiger partial charge in [0.05, 0.1) is 11.0 Å². The molecule has 0 aliphatic carbocycles. The second kappa shape index (κ2) is 9.42. The van der Waals surface area contributed by atoms with E-state index in [0.717, 1.165) is 22.7 Å². The first-order valence-corrected chi connectivity index (χ1v) is 13.0. The van der Waals surface area contributed by atoms with Crippen LogP contribution in [0.1, 0.15) is 0 Å². The van der Waals surface area contributed by atoms with E-state index >= 15 is 0 Å². The van der Waals surface area contributed by atoms with Crippen molar-refractivity contribution in [3.63, 3.8) is 0 Å². The summed E-state index contributed by atoms with van der Waals surface area (Å²) >= 11 is 0. The molecule has 0 aliphatic heterocycles. The molecule has 0 saturated heterocycles. The van der Waals surface area contributed by atoms with Gasteiger partial charge in [-0.05, 0) is 71.8 Å². The monoisotopic (exact) mass is 486 g/mol. The number of fused-ring (bicyclic) bond motifs is 3. The van der Waals surface area contributed by atoms with Gasteiger partial charge in [0.25, 0.3) is 0 Å². The zero-order chi connectivity index (χ0) is 25.3. The van der Waals surface area contributed by atoms with Gasteiger partial charge in [0, 0.05) is 33.5 Å². The van der Waals surface area contributed by atoms with E-state index in [1.165, 1.54) is 32.9 Å². The summed E-state index contributed by atoms with van der Waals surface area (Å²) in [7, 11) is 0. The number of aromatic nitrogens is 1. The predicted molar refractivity (Wildman–Crippen MR) is 161 cm³/mol. The normalized spacial score (nSPS) is 11.2. The van der Waals surface area contributed by atoms with Gasteiger partial charge in [-0.25, -0.2) is 0 Å². The molecule has 2 nitrogen and oxygen atoms in total. The maximum Gasteiger partial charge on any atom is 0.0541 e. The van der Waals surface area contributed by atoms with Crippen molar-refractivity contribution in [2.45, 2.75) is 0 Å². The second-order valence-corrected chi connectivity index (χ2v) is 9.47. The zero-order valence-electron chi connectivity index (χ0n) is 20.9. The third kappa shape index (κ3) is 3.84. The highest BCUT2D eigenvalue weighted by Gasteiger charge is 2.15. The molecule has 0 N–H and O–H groups in total. The molecular formula is C36H26N2. The van der Waals surface area contributed by atoms with Crippen LogP contribution >= 0.6 is 0 Å². The Morgan fingerprint density at radius 2 is 0.868 bits per heavy atom. The van der Waals surface area contributed by atoms with Crippen molar-refractivity contribution < 1.29 is 0 Å². The topological polar surface area (TPSA) is 8.17 Å². The molecule has 2 heteroatoms. The fraction of sp³-hybridized carbons (Fsp3) is 0. The fourth-order valence-corrected chi connectivity index (χ4v) is 5.43. The van der Waals surface area contributed by atoms with Crippen molar-refractivity contribution in [1.82, 2.24) is 4.57 Å². The molecule has 6 aromatic carbocycles. The highest BCUT2D eigenvalue weighted by molar-refractivity contribution is 6.09. The van der Waals surface area contributed by atoms with Gasteiger partial charge in [0.1, 0.15) is 0 Å². The first-order valence-electron chi connectivity index (χ1n) is 13.0. The van der Waals surface area contributed by atoms with Gasteiger partial charge in [0.15, 0.2) is 0 Å². The van der Waals surface area contributed by atoms with Crippen molar-refractivity contribution in [2.24, 2.45) is 0 Å². The number of rotatable bonds is 5. The van der Waals surface area contributed by atoms with Crippen LogP contribution in [0.25, 0.3) is 38.6 Å². The van der Waals surface area contributed by atoms with Crippen LogP contribution in [-0.2, 0) is 0 Å². The average molecular weight is 487 g/mol. The molecule has 7 rings (SSSR count). The first kappa shape index (κ1) is 22.1. The van der Waals surface area contributed by atoms with E-state index < -0.39 is 0 Å². The van der Waals surface area contributed by atoms with Crippen molar-refractivity contribution in [1.29, 1.82) is 0 Å². The maximum absolute atomic E-state index is 2.36. The number of benzene rings is 6. The Bertz CT molecular complexity index is 1800. The molecule has 0 aliphatic rings. The van der Waals surface area contributed by atoms with Gasteiger partial charge in [-0.15, -0.1) is 0 Å². The summed E-state index contributed by atoms with van der Waals surface area (Å²) in [6.45, 7) is 0. The molecule has 1 aromatic heterocycles. The van der Waals surface area contributed by atoms with Gasteiger partial charge in [-0.3, -0.25) is 0 Å². The molecule has 0 amide bonds. The van der Waals surface area contributed by atoms with Gasteiger partial charge >= 0.3 is 0 Å². The molecule has 180 valence electrons. The lowest BCUT2D eigenvalue weighted by Crippen LogP contribution is -2.10. The van der Waals surface area contributed by atoms with Crippen molar-refractivity contribution >= 4 is 38.9 Å². The third-order valence-electron chi connectivity index (χ3n) is 7.17. The number of anilines is 3. The Morgan fingerprint density at radius 3 is 1.53 bits per heavy atom. The lowest BCUT2D eigenvalue weighted by atomic mass is 10.0. The molecule has 0 fully saturated rings. The van der Waals surface area contributed by atoms with E-state index in [1.54, 1.807) is 0 Å². The van der Waals surface area contributed by atoms with Crippen molar-refractivity contribution in [3.8, 4) is 16.8 Å². The summed E-state index contributed by atoms with van der Waals surface area (Å²) < 4.78 is 2.36. The Labute approximate surface area is 222 Å². The van der Waals surface area contributed by atoms with Crippen LogP contribution in [0.3, 0.4) is 0 Å². The quantitative estimate of drug-likeness (QED) is 0.235. The molecule has 0 bridgehead atoms. The standard InChI is InChI=1S/C36H26N2/c1-3-12-27(13-4-1)28-14-11-17-32(26-28)37(29-15-5-2-6-16-29)30-22-24-31(25-23-30)38-35-20-9-7-18-33(35)34-19-8-10-21-36(34)38/h1-26H. The summed E-state index contributed by atoms with van der Waals surface area (Å²) in [6, 6.07) is 56.1. The fourth-order valence-electron chi connectivity index (χ4n) is 5.43. The Morgan fingerprint density at radius 1 is 0.368 bits per heavy atom. The Hall–Kier alpha value is -5.08. The molecule has 0 radical (unpaired) electrons. The third-order valence-corrected chi connectivity index (χ3v) is 7.17.